The number of aromatic nitrogens is 1. The van der Waals surface area contributed by atoms with Crippen molar-refractivity contribution in [3.8, 4) is 22.6 Å². The molecule has 0 fully saturated rings. The van der Waals surface area contributed by atoms with Gasteiger partial charge in [-0.05, 0) is 42.8 Å². The van der Waals surface area contributed by atoms with E-state index in [4.69, 9.17) is 14.6 Å². The van der Waals surface area contributed by atoms with Gasteiger partial charge in [0.05, 0.1) is 31.5 Å². The summed E-state index contributed by atoms with van der Waals surface area (Å²) in [5.41, 5.74) is 5.08. The zero-order chi connectivity index (χ0) is 25.4. The second kappa shape index (κ2) is 9.34. The number of hydrogen-bond donors (Lipinski definition) is 1. The maximum absolute atomic E-state index is 13.6. The van der Waals surface area contributed by atoms with Crippen LogP contribution in [0, 0.1) is 6.92 Å². The number of carbonyl (C=O) groups is 1. The van der Waals surface area contributed by atoms with Gasteiger partial charge >= 0.3 is 0 Å². The minimum Gasteiger partial charge on any atom is -0.497 e. The smallest absolute Gasteiger partial charge is 0.258 e. The number of pyridine rings is 1. The molecule has 0 bridgehead atoms. The van der Waals surface area contributed by atoms with E-state index < -0.39 is 6.04 Å². The summed E-state index contributed by atoms with van der Waals surface area (Å²) in [6.07, 6.45) is 0.351. The van der Waals surface area contributed by atoms with Crippen LogP contribution in [0.25, 0.3) is 22.0 Å². The van der Waals surface area contributed by atoms with Gasteiger partial charge in [-0.1, -0.05) is 42.0 Å². The number of methoxy groups -OCH3 is 2. The Kier molecular flexibility index (Phi) is 6.06. The maximum Gasteiger partial charge on any atom is 0.258 e. The Balaban J connectivity index is 1.74. The SMILES string of the molecule is COc1ccc(OC)c([C@@H]2CC(c3c(-c4ccccc4)c4cc(C)ccc4[nH]c3=O)=NN2C(C)=O)c1. The van der Waals surface area contributed by atoms with E-state index in [0.717, 1.165) is 33.2 Å². The number of benzene rings is 3. The average molecular weight is 482 g/mol. The summed E-state index contributed by atoms with van der Waals surface area (Å²) in [4.78, 5) is 29.3. The molecule has 4 aromatic rings. The van der Waals surface area contributed by atoms with E-state index in [1.165, 1.54) is 11.9 Å². The fraction of sp³-hybridized carbons (Fsp3) is 0.207. The number of H-pyrrole nitrogens is 1. The first-order valence-corrected chi connectivity index (χ1v) is 11.7. The van der Waals surface area contributed by atoms with Crippen LogP contribution in [-0.4, -0.2) is 35.8 Å². The number of hydrazone groups is 1. The van der Waals surface area contributed by atoms with Crippen molar-refractivity contribution < 1.29 is 14.3 Å². The number of ether oxygens (including phenoxy) is 2. The highest BCUT2D eigenvalue weighted by atomic mass is 16.5. The highest BCUT2D eigenvalue weighted by Gasteiger charge is 2.36. The summed E-state index contributed by atoms with van der Waals surface area (Å²) in [6, 6.07) is 20.8. The van der Waals surface area contributed by atoms with E-state index in [9.17, 15) is 9.59 Å². The topological polar surface area (TPSA) is 84.0 Å². The van der Waals surface area contributed by atoms with Gasteiger partial charge in [0.2, 0.25) is 5.91 Å². The van der Waals surface area contributed by atoms with Crippen LogP contribution in [0.4, 0.5) is 0 Å². The number of nitrogens with one attached hydrogen (secondary N) is 1. The predicted octanol–water partition coefficient (Wildman–Crippen LogP) is 5.22. The molecule has 1 N–H and O–H groups in total. The van der Waals surface area contributed by atoms with Gasteiger partial charge in [0, 0.05) is 35.4 Å². The Morgan fingerprint density at radius 2 is 1.78 bits per heavy atom. The first-order chi connectivity index (χ1) is 17.4. The maximum atomic E-state index is 13.6. The van der Waals surface area contributed by atoms with E-state index in [1.807, 2.05) is 61.5 Å². The lowest BCUT2D eigenvalue weighted by atomic mass is 9.90. The molecule has 0 saturated carbocycles. The Morgan fingerprint density at radius 3 is 2.47 bits per heavy atom. The average Bonchev–Trinajstić information content (AvgIpc) is 3.33. The number of hydrogen-bond acceptors (Lipinski definition) is 5. The molecule has 1 amide bonds. The van der Waals surface area contributed by atoms with E-state index in [2.05, 4.69) is 11.1 Å². The van der Waals surface area contributed by atoms with E-state index >= 15 is 0 Å². The molecule has 7 nitrogen and oxygen atoms in total. The molecule has 0 radical (unpaired) electrons. The van der Waals surface area contributed by atoms with Gasteiger partial charge in [-0.15, -0.1) is 0 Å². The number of fused-ring (bicyclic) bond motifs is 1. The third-order valence-corrected chi connectivity index (χ3v) is 6.55. The summed E-state index contributed by atoms with van der Waals surface area (Å²) >= 11 is 0. The molecular weight excluding hydrogens is 454 g/mol. The summed E-state index contributed by atoms with van der Waals surface area (Å²) in [5, 5.41) is 7.06. The van der Waals surface area contributed by atoms with Crippen LogP contribution >= 0.6 is 0 Å². The zero-order valence-electron chi connectivity index (χ0n) is 20.7. The standard InChI is InChI=1S/C29H27N3O4/c1-17-10-12-23-21(14-17)27(19-8-6-5-7-9-19)28(29(34)30-23)24-16-25(32(31-24)18(2)33)22-15-20(35-3)11-13-26(22)36-4/h5-15,25H,16H2,1-4H3,(H,30,34)/t25-/m0/s1. The van der Waals surface area contributed by atoms with E-state index in [-0.39, 0.29) is 11.5 Å². The van der Waals surface area contributed by atoms with Crippen LogP contribution in [0.1, 0.15) is 36.1 Å². The van der Waals surface area contributed by atoms with Crippen molar-refractivity contribution in [2.24, 2.45) is 5.10 Å². The van der Waals surface area contributed by atoms with Gasteiger partial charge in [-0.25, -0.2) is 5.01 Å². The normalized spacial score (nSPS) is 15.2. The van der Waals surface area contributed by atoms with Crippen molar-refractivity contribution in [2.75, 3.05) is 14.2 Å². The van der Waals surface area contributed by atoms with Crippen LogP contribution in [0.3, 0.4) is 0 Å². The van der Waals surface area contributed by atoms with Crippen molar-refractivity contribution in [1.82, 2.24) is 9.99 Å². The monoisotopic (exact) mass is 481 g/mol. The lowest BCUT2D eigenvalue weighted by Crippen LogP contribution is -2.24. The third kappa shape index (κ3) is 4.02. The number of aryl methyl sites for hydroxylation is 1. The molecule has 7 heteroatoms. The van der Waals surface area contributed by atoms with Crippen molar-refractivity contribution in [3.63, 3.8) is 0 Å². The third-order valence-electron chi connectivity index (χ3n) is 6.55. The van der Waals surface area contributed by atoms with E-state index in [0.29, 0.717) is 29.2 Å². The molecule has 0 saturated heterocycles. The van der Waals surface area contributed by atoms with Gasteiger partial charge < -0.3 is 14.5 Å². The fourth-order valence-corrected chi connectivity index (χ4v) is 4.88. The highest BCUT2D eigenvalue weighted by Crippen LogP contribution is 2.41. The first kappa shape index (κ1) is 23.4. The number of rotatable bonds is 5. The first-order valence-electron chi connectivity index (χ1n) is 11.7. The molecule has 1 aromatic heterocycles. The Bertz CT molecular complexity index is 1560. The summed E-state index contributed by atoms with van der Waals surface area (Å²) in [5.74, 6) is 1.04. The van der Waals surface area contributed by atoms with Crippen molar-refractivity contribution in [2.45, 2.75) is 26.3 Å². The number of amides is 1. The summed E-state index contributed by atoms with van der Waals surface area (Å²) in [6.45, 7) is 3.49. The van der Waals surface area contributed by atoms with Crippen LogP contribution in [-0.2, 0) is 4.79 Å². The van der Waals surface area contributed by atoms with Crippen LogP contribution in [0.5, 0.6) is 11.5 Å². The molecule has 3 aromatic carbocycles. The predicted molar refractivity (Wildman–Crippen MR) is 141 cm³/mol. The molecule has 0 spiro atoms. The van der Waals surface area contributed by atoms with Crippen molar-refractivity contribution >= 4 is 22.5 Å². The highest BCUT2D eigenvalue weighted by molar-refractivity contribution is 6.13. The second-order valence-electron chi connectivity index (χ2n) is 8.86. The molecule has 36 heavy (non-hydrogen) atoms. The Labute approximate surface area is 209 Å². The molecule has 182 valence electrons. The van der Waals surface area contributed by atoms with Gasteiger partial charge in [0.25, 0.3) is 5.56 Å². The molecular formula is C29H27N3O4. The molecule has 0 aliphatic carbocycles. The summed E-state index contributed by atoms with van der Waals surface area (Å²) < 4.78 is 11.0. The molecule has 0 unspecified atom stereocenters. The Morgan fingerprint density at radius 1 is 1.00 bits per heavy atom. The van der Waals surface area contributed by atoms with Gasteiger partial charge in [-0.2, -0.15) is 5.10 Å². The zero-order valence-corrected chi connectivity index (χ0v) is 20.7. The molecule has 5 rings (SSSR count). The van der Waals surface area contributed by atoms with Gasteiger partial charge in [0.15, 0.2) is 0 Å². The van der Waals surface area contributed by atoms with Crippen molar-refractivity contribution in [3.05, 3.63) is 93.8 Å². The lowest BCUT2D eigenvalue weighted by molar-refractivity contribution is -0.130. The van der Waals surface area contributed by atoms with Crippen molar-refractivity contribution in [1.29, 1.82) is 0 Å². The Hall–Kier alpha value is -4.39. The summed E-state index contributed by atoms with van der Waals surface area (Å²) in [7, 11) is 3.18. The van der Waals surface area contributed by atoms with Crippen LogP contribution < -0.4 is 15.0 Å². The number of nitrogens with zero attached hydrogens (tertiary/aromatic N) is 2. The van der Waals surface area contributed by atoms with Crippen LogP contribution in [0.15, 0.2) is 76.6 Å². The molecule has 1 atom stereocenters. The molecule has 1 aliphatic heterocycles. The molecule has 1 aliphatic rings. The second-order valence-corrected chi connectivity index (χ2v) is 8.86. The number of carbonyl (C=O) groups excluding carboxylic acids is 1. The number of aromatic amines is 1. The minimum atomic E-state index is -0.446. The minimum absolute atomic E-state index is 0.228. The van der Waals surface area contributed by atoms with Crippen LogP contribution in [0.2, 0.25) is 0 Å². The molecule has 2 heterocycles. The quantitative estimate of drug-likeness (QED) is 0.424. The van der Waals surface area contributed by atoms with E-state index in [1.54, 1.807) is 20.3 Å². The fourth-order valence-electron chi connectivity index (χ4n) is 4.88. The lowest BCUT2D eigenvalue weighted by Gasteiger charge is -2.23. The largest absolute Gasteiger partial charge is 0.497 e. The van der Waals surface area contributed by atoms with Gasteiger partial charge in [0.1, 0.15) is 11.5 Å². The van der Waals surface area contributed by atoms with Gasteiger partial charge in [-0.3, -0.25) is 9.59 Å².